The SMILES string of the molecule is Nc1nc2nc(-c3ccc4c(c3)CCC4)[nH]c2c(=O)[nH]1. The fraction of sp³-hybridized carbons (Fsp3) is 0.214. The Bertz CT molecular complexity index is 877. The van der Waals surface area contributed by atoms with E-state index in [4.69, 9.17) is 5.73 Å². The van der Waals surface area contributed by atoms with Crippen LogP contribution in [0.1, 0.15) is 17.5 Å². The van der Waals surface area contributed by atoms with Gasteiger partial charge in [0.05, 0.1) is 0 Å². The number of aromatic amines is 2. The zero-order chi connectivity index (χ0) is 13.7. The lowest BCUT2D eigenvalue weighted by molar-refractivity contribution is 0.912. The van der Waals surface area contributed by atoms with Gasteiger partial charge in [-0.1, -0.05) is 12.1 Å². The van der Waals surface area contributed by atoms with Gasteiger partial charge in [0.25, 0.3) is 5.56 Å². The van der Waals surface area contributed by atoms with Crippen LogP contribution < -0.4 is 11.3 Å². The molecule has 0 fully saturated rings. The summed E-state index contributed by atoms with van der Waals surface area (Å²) in [6, 6.07) is 6.30. The number of anilines is 1. The molecular weight excluding hydrogens is 254 g/mol. The van der Waals surface area contributed by atoms with Crippen LogP contribution in [0.25, 0.3) is 22.6 Å². The molecule has 3 aromatic rings. The number of hydrogen-bond donors (Lipinski definition) is 3. The summed E-state index contributed by atoms with van der Waals surface area (Å²) in [7, 11) is 0. The van der Waals surface area contributed by atoms with Crippen LogP contribution in [0.15, 0.2) is 23.0 Å². The number of nitrogens with two attached hydrogens (primary N) is 1. The summed E-state index contributed by atoms with van der Waals surface area (Å²) in [5, 5.41) is 0. The molecular formula is C14H13N5O. The number of benzene rings is 1. The van der Waals surface area contributed by atoms with Crippen LogP contribution in [0.5, 0.6) is 0 Å². The Hall–Kier alpha value is -2.63. The molecule has 2 heterocycles. The van der Waals surface area contributed by atoms with Crippen molar-refractivity contribution in [2.75, 3.05) is 5.73 Å². The van der Waals surface area contributed by atoms with E-state index in [1.54, 1.807) is 0 Å². The molecule has 0 amide bonds. The number of rotatable bonds is 1. The van der Waals surface area contributed by atoms with Gasteiger partial charge in [-0.2, -0.15) is 4.98 Å². The highest BCUT2D eigenvalue weighted by Gasteiger charge is 2.14. The quantitative estimate of drug-likeness (QED) is 0.620. The number of nitrogens with zero attached hydrogens (tertiary/aromatic N) is 2. The molecule has 0 unspecified atom stereocenters. The van der Waals surface area contributed by atoms with Gasteiger partial charge in [0.15, 0.2) is 11.2 Å². The van der Waals surface area contributed by atoms with E-state index in [1.807, 2.05) is 6.07 Å². The van der Waals surface area contributed by atoms with Gasteiger partial charge in [-0.15, -0.1) is 0 Å². The van der Waals surface area contributed by atoms with Crippen LogP contribution in [0.3, 0.4) is 0 Å². The van der Waals surface area contributed by atoms with E-state index in [0.29, 0.717) is 17.0 Å². The molecule has 0 radical (unpaired) electrons. The number of H-pyrrole nitrogens is 2. The van der Waals surface area contributed by atoms with Crippen LogP contribution in [0.2, 0.25) is 0 Å². The molecule has 100 valence electrons. The monoisotopic (exact) mass is 267 g/mol. The van der Waals surface area contributed by atoms with Gasteiger partial charge < -0.3 is 10.7 Å². The Balaban J connectivity index is 1.90. The number of nitrogens with one attached hydrogen (secondary N) is 2. The molecule has 0 atom stereocenters. The maximum absolute atomic E-state index is 11.8. The zero-order valence-corrected chi connectivity index (χ0v) is 10.7. The molecule has 6 nitrogen and oxygen atoms in total. The van der Waals surface area contributed by atoms with E-state index in [9.17, 15) is 4.79 Å². The first-order valence-electron chi connectivity index (χ1n) is 6.58. The molecule has 0 saturated heterocycles. The largest absolute Gasteiger partial charge is 0.369 e. The molecule has 6 heteroatoms. The second-order valence-electron chi connectivity index (χ2n) is 5.07. The summed E-state index contributed by atoms with van der Waals surface area (Å²) < 4.78 is 0. The van der Waals surface area contributed by atoms with Gasteiger partial charge in [-0.25, -0.2) is 4.98 Å². The minimum absolute atomic E-state index is 0.0782. The third-order valence-electron chi connectivity index (χ3n) is 3.75. The average molecular weight is 267 g/mol. The third-order valence-corrected chi connectivity index (χ3v) is 3.75. The van der Waals surface area contributed by atoms with Crippen LogP contribution in [0, 0.1) is 0 Å². The second-order valence-corrected chi connectivity index (χ2v) is 5.07. The van der Waals surface area contributed by atoms with E-state index in [0.717, 1.165) is 18.4 Å². The van der Waals surface area contributed by atoms with Gasteiger partial charge in [-0.05, 0) is 36.5 Å². The Kier molecular flexibility index (Phi) is 2.20. The standard InChI is InChI=1S/C14H13N5O/c15-14-18-12-10(13(20)19-14)16-11(17-12)9-5-4-7-2-1-3-8(7)6-9/h4-6H,1-3H2,(H4,15,16,17,18,19,20). The molecule has 0 saturated carbocycles. The normalized spacial score (nSPS) is 13.8. The van der Waals surface area contributed by atoms with Crippen molar-refractivity contribution in [1.29, 1.82) is 0 Å². The summed E-state index contributed by atoms with van der Waals surface area (Å²) in [6.07, 6.45) is 3.46. The van der Waals surface area contributed by atoms with Crippen molar-refractivity contribution in [2.24, 2.45) is 0 Å². The van der Waals surface area contributed by atoms with Crippen LogP contribution in [-0.4, -0.2) is 19.9 Å². The van der Waals surface area contributed by atoms with Crippen molar-refractivity contribution < 1.29 is 0 Å². The van der Waals surface area contributed by atoms with Crippen molar-refractivity contribution in [1.82, 2.24) is 19.9 Å². The third kappa shape index (κ3) is 1.61. The molecule has 2 aromatic heterocycles. The highest BCUT2D eigenvalue weighted by atomic mass is 16.1. The lowest BCUT2D eigenvalue weighted by Crippen LogP contribution is -2.10. The second kappa shape index (κ2) is 3.93. The first-order chi connectivity index (χ1) is 9.70. The van der Waals surface area contributed by atoms with Gasteiger partial charge in [0.2, 0.25) is 5.95 Å². The lowest BCUT2D eigenvalue weighted by atomic mass is 10.1. The number of imidazole rings is 1. The zero-order valence-electron chi connectivity index (χ0n) is 10.7. The number of nitrogen functional groups attached to an aromatic ring is 1. The summed E-state index contributed by atoms with van der Waals surface area (Å²) in [6.45, 7) is 0. The highest BCUT2D eigenvalue weighted by Crippen LogP contribution is 2.27. The molecule has 0 aliphatic heterocycles. The molecule has 0 spiro atoms. The molecule has 20 heavy (non-hydrogen) atoms. The van der Waals surface area contributed by atoms with Crippen LogP contribution in [0.4, 0.5) is 5.95 Å². The maximum atomic E-state index is 11.8. The summed E-state index contributed by atoms with van der Waals surface area (Å²) in [5.74, 6) is 0.729. The fourth-order valence-corrected chi connectivity index (χ4v) is 2.78. The Morgan fingerprint density at radius 2 is 1.95 bits per heavy atom. The van der Waals surface area contributed by atoms with E-state index in [1.165, 1.54) is 17.5 Å². The summed E-state index contributed by atoms with van der Waals surface area (Å²) in [4.78, 5) is 25.7. The smallest absolute Gasteiger partial charge is 0.278 e. The van der Waals surface area contributed by atoms with Gasteiger partial charge in [0, 0.05) is 5.56 Å². The molecule has 4 rings (SSSR count). The van der Waals surface area contributed by atoms with Crippen molar-refractivity contribution in [3.05, 3.63) is 39.7 Å². The van der Waals surface area contributed by atoms with Gasteiger partial charge in [0.1, 0.15) is 5.82 Å². The molecule has 1 aliphatic rings. The topological polar surface area (TPSA) is 100 Å². The Morgan fingerprint density at radius 3 is 2.85 bits per heavy atom. The van der Waals surface area contributed by atoms with Crippen LogP contribution in [-0.2, 0) is 12.8 Å². The fourth-order valence-electron chi connectivity index (χ4n) is 2.78. The van der Waals surface area contributed by atoms with Gasteiger partial charge in [-0.3, -0.25) is 9.78 Å². The number of aromatic nitrogens is 4. The molecule has 4 N–H and O–H groups in total. The highest BCUT2D eigenvalue weighted by molar-refractivity contribution is 5.76. The Labute approximate surface area is 114 Å². The van der Waals surface area contributed by atoms with E-state index < -0.39 is 0 Å². The first kappa shape index (κ1) is 11.2. The first-order valence-corrected chi connectivity index (χ1v) is 6.58. The summed E-state index contributed by atoms with van der Waals surface area (Å²) >= 11 is 0. The van der Waals surface area contributed by atoms with Crippen molar-refractivity contribution in [3.63, 3.8) is 0 Å². The predicted octanol–water partition coefficient (Wildman–Crippen LogP) is 1.38. The van der Waals surface area contributed by atoms with Crippen LogP contribution >= 0.6 is 0 Å². The predicted molar refractivity (Wildman–Crippen MR) is 76.4 cm³/mol. The van der Waals surface area contributed by atoms with Crippen molar-refractivity contribution in [2.45, 2.75) is 19.3 Å². The number of hydrogen-bond acceptors (Lipinski definition) is 4. The van der Waals surface area contributed by atoms with E-state index in [2.05, 4.69) is 32.1 Å². The molecule has 1 aromatic carbocycles. The summed E-state index contributed by atoms with van der Waals surface area (Å²) in [5.41, 5.74) is 9.68. The van der Waals surface area contributed by atoms with Gasteiger partial charge >= 0.3 is 0 Å². The Morgan fingerprint density at radius 1 is 1.10 bits per heavy atom. The minimum atomic E-state index is -0.299. The van der Waals surface area contributed by atoms with E-state index in [-0.39, 0.29) is 11.5 Å². The molecule has 1 aliphatic carbocycles. The number of fused-ring (bicyclic) bond motifs is 2. The van der Waals surface area contributed by atoms with E-state index >= 15 is 0 Å². The molecule has 0 bridgehead atoms. The lowest BCUT2D eigenvalue weighted by Gasteiger charge is -2.01. The number of aryl methyl sites for hydroxylation is 2. The minimum Gasteiger partial charge on any atom is -0.369 e. The van der Waals surface area contributed by atoms with Crippen molar-refractivity contribution >= 4 is 17.1 Å². The average Bonchev–Trinajstić information content (AvgIpc) is 3.03. The maximum Gasteiger partial charge on any atom is 0.278 e. The van der Waals surface area contributed by atoms with Crippen molar-refractivity contribution in [3.8, 4) is 11.4 Å².